The highest BCUT2D eigenvalue weighted by atomic mass is 79.9. The first-order chi connectivity index (χ1) is 8.95. The summed E-state index contributed by atoms with van der Waals surface area (Å²) in [5, 5.41) is 11.5. The van der Waals surface area contributed by atoms with Crippen molar-refractivity contribution < 1.29 is 14.7 Å². The van der Waals surface area contributed by atoms with Crippen molar-refractivity contribution in [3.8, 4) is 0 Å². The third-order valence-corrected chi connectivity index (χ3v) is 3.61. The van der Waals surface area contributed by atoms with Gasteiger partial charge in [-0.2, -0.15) is 11.8 Å². The number of nitrogens with one attached hydrogen (secondary N) is 1. The van der Waals surface area contributed by atoms with Crippen LogP contribution >= 0.6 is 27.7 Å². The molecule has 1 rings (SSSR count). The predicted octanol–water partition coefficient (Wildman–Crippen LogP) is 1.97. The summed E-state index contributed by atoms with van der Waals surface area (Å²) >= 11 is 4.77. The lowest BCUT2D eigenvalue weighted by atomic mass is 10.1. The number of nitrogen functional groups attached to an aromatic ring is 1. The van der Waals surface area contributed by atoms with E-state index in [-0.39, 0.29) is 5.56 Å². The second-order valence-corrected chi connectivity index (χ2v) is 5.78. The van der Waals surface area contributed by atoms with Gasteiger partial charge in [0.05, 0.1) is 5.56 Å². The first-order valence-corrected chi connectivity index (χ1v) is 7.72. The molecule has 1 amide bonds. The predicted molar refractivity (Wildman–Crippen MR) is 80.4 cm³/mol. The molecule has 0 aliphatic heterocycles. The molecule has 0 saturated carbocycles. The van der Waals surface area contributed by atoms with E-state index in [0.717, 1.165) is 4.47 Å². The van der Waals surface area contributed by atoms with Crippen molar-refractivity contribution in [2.75, 3.05) is 17.7 Å². The maximum absolute atomic E-state index is 12.0. The van der Waals surface area contributed by atoms with Gasteiger partial charge in [0, 0.05) is 10.2 Å². The topological polar surface area (TPSA) is 92.4 Å². The number of hydrogen-bond donors (Lipinski definition) is 3. The summed E-state index contributed by atoms with van der Waals surface area (Å²) in [5.41, 5.74) is 6.31. The van der Waals surface area contributed by atoms with Crippen LogP contribution in [0.1, 0.15) is 16.8 Å². The van der Waals surface area contributed by atoms with Gasteiger partial charge in [0.2, 0.25) is 0 Å². The van der Waals surface area contributed by atoms with Crippen LogP contribution in [0, 0.1) is 0 Å². The molecular formula is C12H15BrN2O3S. The van der Waals surface area contributed by atoms with Gasteiger partial charge in [-0.25, -0.2) is 4.79 Å². The van der Waals surface area contributed by atoms with Crippen molar-refractivity contribution in [1.82, 2.24) is 5.32 Å². The Morgan fingerprint density at radius 1 is 1.53 bits per heavy atom. The van der Waals surface area contributed by atoms with E-state index >= 15 is 0 Å². The van der Waals surface area contributed by atoms with E-state index in [4.69, 9.17) is 10.8 Å². The number of rotatable bonds is 6. The van der Waals surface area contributed by atoms with Crippen molar-refractivity contribution in [2.24, 2.45) is 0 Å². The molecule has 19 heavy (non-hydrogen) atoms. The standard InChI is InChI=1S/C12H15BrN2O3S/c1-19-5-4-10(12(17)18)15-11(16)8-3-2-7(13)6-9(8)14/h2-3,6,10H,4-5,14H2,1H3,(H,15,16)(H,17,18)/t10-/m1/s1. The minimum Gasteiger partial charge on any atom is -0.480 e. The molecule has 0 spiro atoms. The van der Waals surface area contributed by atoms with Gasteiger partial charge in [-0.15, -0.1) is 0 Å². The van der Waals surface area contributed by atoms with Crippen molar-refractivity contribution in [3.63, 3.8) is 0 Å². The number of carboxylic acid groups (broad SMARTS) is 1. The molecule has 0 aromatic heterocycles. The second-order valence-electron chi connectivity index (χ2n) is 3.88. The number of anilines is 1. The molecule has 0 aliphatic rings. The minimum absolute atomic E-state index is 0.276. The molecule has 5 nitrogen and oxygen atoms in total. The zero-order valence-corrected chi connectivity index (χ0v) is 12.8. The average Bonchev–Trinajstić information content (AvgIpc) is 2.33. The summed E-state index contributed by atoms with van der Waals surface area (Å²) < 4.78 is 0.763. The average molecular weight is 347 g/mol. The first-order valence-electron chi connectivity index (χ1n) is 5.53. The summed E-state index contributed by atoms with van der Waals surface area (Å²) in [6.07, 6.45) is 2.26. The Balaban J connectivity index is 2.78. The van der Waals surface area contributed by atoms with E-state index in [9.17, 15) is 9.59 Å². The zero-order valence-electron chi connectivity index (χ0n) is 10.4. The summed E-state index contributed by atoms with van der Waals surface area (Å²) in [4.78, 5) is 23.0. The number of nitrogens with two attached hydrogens (primary N) is 1. The summed E-state index contributed by atoms with van der Waals surface area (Å²) in [7, 11) is 0. The molecule has 104 valence electrons. The molecular weight excluding hydrogens is 332 g/mol. The maximum atomic E-state index is 12.0. The van der Waals surface area contributed by atoms with E-state index in [0.29, 0.717) is 17.9 Å². The Morgan fingerprint density at radius 3 is 2.74 bits per heavy atom. The summed E-state index contributed by atoms with van der Waals surface area (Å²) in [6.45, 7) is 0. The van der Waals surface area contributed by atoms with Gasteiger partial charge in [-0.1, -0.05) is 15.9 Å². The molecule has 0 fully saturated rings. The van der Waals surface area contributed by atoms with E-state index in [1.165, 1.54) is 11.8 Å². The van der Waals surface area contributed by atoms with Crippen molar-refractivity contribution >= 4 is 45.3 Å². The monoisotopic (exact) mass is 346 g/mol. The summed E-state index contributed by atoms with van der Waals surface area (Å²) in [5.74, 6) is -0.857. The lowest BCUT2D eigenvalue weighted by Gasteiger charge is -2.14. The first kappa shape index (κ1) is 15.8. The highest BCUT2D eigenvalue weighted by molar-refractivity contribution is 9.10. The van der Waals surface area contributed by atoms with Crippen LogP contribution < -0.4 is 11.1 Å². The van der Waals surface area contributed by atoms with Crippen LogP contribution in [0.25, 0.3) is 0 Å². The third kappa shape index (κ3) is 4.76. The number of carbonyl (C=O) groups excluding carboxylic acids is 1. The van der Waals surface area contributed by atoms with Gasteiger partial charge in [0.25, 0.3) is 5.91 Å². The van der Waals surface area contributed by atoms with Crippen LogP contribution in [0.4, 0.5) is 5.69 Å². The number of hydrogen-bond acceptors (Lipinski definition) is 4. The van der Waals surface area contributed by atoms with Gasteiger partial charge in [0.15, 0.2) is 0 Å². The van der Waals surface area contributed by atoms with E-state index in [1.54, 1.807) is 18.2 Å². The molecule has 1 aromatic carbocycles. The molecule has 1 atom stereocenters. The molecule has 7 heteroatoms. The minimum atomic E-state index is -1.04. The molecule has 0 radical (unpaired) electrons. The van der Waals surface area contributed by atoms with E-state index in [2.05, 4.69) is 21.2 Å². The lowest BCUT2D eigenvalue weighted by molar-refractivity contribution is -0.139. The van der Waals surface area contributed by atoms with Crippen LogP contribution in [0.5, 0.6) is 0 Å². The Labute approximate surface area is 124 Å². The Kier molecular flexibility index (Phi) is 6.17. The van der Waals surface area contributed by atoms with Crippen LogP contribution in [0.2, 0.25) is 0 Å². The second kappa shape index (κ2) is 7.40. The van der Waals surface area contributed by atoms with Gasteiger partial charge in [-0.3, -0.25) is 4.79 Å². The smallest absolute Gasteiger partial charge is 0.326 e. The number of benzene rings is 1. The molecule has 0 saturated heterocycles. The van der Waals surface area contributed by atoms with Gasteiger partial charge in [0.1, 0.15) is 6.04 Å². The molecule has 1 aromatic rings. The quantitative estimate of drug-likeness (QED) is 0.684. The van der Waals surface area contributed by atoms with Crippen molar-refractivity contribution in [2.45, 2.75) is 12.5 Å². The SMILES string of the molecule is CSCC[C@@H](NC(=O)c1ccc(Br)cc1N)C(=O)O. The molecule has 4 N–H and O–H groups in total. The van der Waals surface area contributed by atoms with Crippen LogP contribution in [0.3, 0.4) is 0 Å². The number of carboxylic acids is 1. The zero-order chi connectivity index (χ0) is 14.4. The lowest BCUT2D eigenvalue weighted by Crippen LogP contribution is -2.41. The van der Waals surface area contributed by atoms with E-state index in [1.807, 2.05) is 6.26 Å². The molecule has 0 unspecified atom stereocenters. The van der Waals surface area contributed by atoms with Crippen LogP contribution in [0.15, 0.2) is 22.7 Å². The van der Waals surface area contributed by atoms with Gasteiger partial charge < -0.3 is 16.2 Å². The van der Waals surface area contributed by atoms with Crippen molar-refractivity contribution in [3.05, 3.63) is 28.2 Å². The van der Waals surface area contributed by atoms with Crippen LogP contribution in [-0.4, -0.2) is 35.0 Å². The number of amides is 1. The molecule has 0 bridgehead atoms. The number of aliphatic carboxylic acids is 1. The fourth-order valence-corrected chi connectivity index (χ4v) is 2.32. The fourth-order valence-electron chi connectivity index (χ4n) is 1.47. The Bertz CT molecular complexity index is 482. The van der Waals surface area contributed by atoms with Gasteiger partial charge >= 0.3 is 5.97 Å². The normalized spacial score (nSPS) is 11.9. The van der Waals surface area contributed by atoms with Crippen LogP contribution in [-0.2, 0) is 4.79 Å². The highest BCUT2D eigenvalue weighted by Gasteiger charge is 2.21. The largest absolute Gasteiger partial charge is 0.480 e. The van der Waals surface area contributed by atoms with E-state index < -0.39 is 17.9 Å². The van der Waals surface area contributed by atoms with Gasteiger partial charge in [-0.05, 0) is 36.6 Å². The van der Waals surface area contributed by atoms with Crippen molar-refractivity contribution in [1.29, 1.82) is 0 Å². The molecule has 0 aliphatic carbocycles. The molecule has 0 heterocycles. The fraction of sp³-hybridized carbons (Fsp3) is 0.333. The summed E-state index contributed by atoms with van der Waals surface area (Å²) in [6, 6.07) is 3.94. The number of carbonyl (C=O) groups is 2. The number of halogens is 1. The Morgan fingerprint density at radius 2 is 2.21 bits per heavy atom. The maximum Gasteiger partial charge on any atom is 0.326 e. The third-order valence-electron chi connectivity index (χ3n) is 2.47. The Hall–Kier alpha value is -1.21. The highest BCUT2D eigenvalue weighted by Crippen LogP contribution is 2.18. The number of thioether (sulfide) groups is 1.